The van der Waals surface area contributed by atoms with Gasteiger partial charge in [-0.3, -0.25) is 4.72 Å². The van der Waals surface area contributed by atoms with Crippen LogP contribution >= 0.6 is 11.6 Å². The summed E-state index contributed by atoms with van der Waals surface area (Å²) in [5.41, 5.74) is -1.47. The maximum atomic E-state index is 14.6. The van der Waals surface area contributed by atoms with Crippen molar-refractivity contribution in [1.29, 1.82) is 0 Å². The van der Waals surface area contributed by atoms with Crippen LogP contribution < -0.4 is 9.46 Å². The lowest BCUT2D eigenvalue weighted by molar-refractivity contribution is 0.0696. The molecule has 12 heteroatoms. The first kappa shape index (κ1) is 24.4. The zero-order valence-electron chi connectivity index (χ0n) is 16.5. The predicted octanol–water partition coefficient (Wildman–Crippen LogP) is 4.29. The lowest BCUT2D eigenvalue weighted by Crippen LogP contribution is -2.17. The van der Waals surface area contributed by atoms with E-state index in [0.29, 0.717) is 12.1 Å². The van der Waals surface area contributed by atoms with Gasteiger partial charge in [-0.15, -0.1) is 0 Å². The molecule has 0 amide bonds. The molecule has 0 heterocycles. The van der Waals surface area contributed by atoms with Gasteiger partial charge in [-0.05, 0) is 24.3 Å². The summed E-state index contributed by atoms with van der Waals surface area (Å²) in [5.74, 6) is -5.23. The first-order valence-electron chi connectivity index (χ1n) is 9.12. The molecule has 3 aromatic carbocycles. The molecule has 7 nitrogen and oxygen atoms in total. The average Bonchev–Trinajstić information content (AvgIpc) is 2.76. The van der Waals surface area contributed by atoms with Gasteiger partial charge >= 0.3 is 5.97 Å². The number of aliphatic hydroxyl groups is 1. The van der Waals surface area contributed by atoms with Gasteiger partial charge in [0.05, 0.1) is 22.9 Å². The van der Waals surface area contributed by atoms with Crippen LogP contribution in [0.15, 0.2) is 53.4 Å². The SMILES string of the molecule is O=C(O)c1cc(Cl)c(F)c(S(=O)(=O)Nc2cc(-c3ccccc3OCCO)c(F)cc2F)c1. The van der Waals surface area contributed by atoms with Crippen molar-refractivity contribution < 1.29 is 41.3 Å². The fourth-order valence-electron chi connectivity index (χ4n) is 2.89. The quantitative estimate of drug-likeness (QED) is 0.424. The van der Waals surface area contributed by atoms with Crippen molar-refractivity contribution in [2.75, 3.05) is 17.9 Å². The third-order valence-electron chi connectivity index (χ3n) is 4.36. The van der Waals surface area contributed by atoms with Crippen molar-refractivity contribution in [3.05, 3.63) is 76.6 Å². The Morgan fingerprint density at radius 1 is 1.03 bits per heavy atom. The molecule has 0 aliphatic heterocycles. The van der Waals surface area contributed by atoms with E-state index in [9.17, 15) is 26.4 Å². The molecule has 3 rings (SSSR count). The lowest BCUT2D eigenvalue weighted by atomic mass is 10.0. The number of carboxylic acid groups (broad SMARTS) is 1. The number of aromatic carboxylic acids is 1. The van der Waals surface area contributed by atoms with Gasteiger partial charge in [0, 0.05) is 17.2 Å². The number of benzene rings is 3. The molecule has 0 unspecified atom stereocenters. The number of sulfonamides is 1. The third-order valence-corrected chi connectivity index (χ3v) is 6.00. The number of para-hydroxylation sites is 1. The van der Waals surface area contributed by atoms with E-state index < -0.39 is 54.6 Å². The monoisotopic (exact) mass is 501 g/mol. The number of aliphatic hydroxyl groups excluding tert-OH is 1. The van der Waals surface area contributed by atoms with Crippen molar-refractivity contribution >= 4 is 33.3 Å². The van der Waals surface area contributed by atoms with Gasteiger partial charge in [0.25, 0.3) is 10.0 Å². The summed E-state index contributed by atoms with van der Waals surface area (Å²) in [4.78, 5) is 10.0. The van der Waals surface area contributed by atoms with E-state index in [1.54, 1.807) is 10.8 Å². The molecule has 0 atom stereocenters. The van der Waals surface area contributed by atoms with Crippen LogP contribution in [0.25, 0.3) is 11.1 Å². The number of nitrogens with one attached hydrogen (secondary N) is 1. The predicted molar refractivity (Wildman–Crippen MR) is 114 cm³/mol. The molecule has 0 bridgehead atoms. The van der Waals surface area contributed by atoms with Gasteiger partial charge in [0.15, 0.2) is 5.82 Å². The molecule has 0 aliphatic carbocycles. The Morgan fingerprint density at radius 2 is 1.73 bits per heavy atom. The van der Waals surface area contributed by atoms with Gasteiger partial charge in [0.2, 0.25) is 0 Å². The molecule has 174 valence electrons. The normalized spacial score (nSPS) is 11.3. The molecular weight excluding hydrogens is 487 g/mol. The number of halogens is 4. The number of hydrogen-bond acceptors (Lipinski definition) is 5. The molecule has 0 fully saturated rings. The number of rotatable bonds is 8. The molecular formula is C21H15ClF3NO6S. The average molecular weight is 502 g/mol. The molecule has 3 N–H and O–H groups in total. The largest absolute Gasteiger partial charge is 0.491 e. The van der Waals surface area contributed by atoms with Crippen molar-refractivity contribution in [2.45, 2.75) is 4.90 Å². The minimum atomic E-state index is -4.88. The summed E-state index contributed by atoms with van der Waals surface area (Å²) in [7, 11) is -4.88. The van der Waals surface area contributed by atoms with Crippen LogP contribution in [0.5, 0.6) is 5.75 Å². The zero-order chi connectivity index (χ0) is 24.3. The highest BCUT2D eigenvalue weighted by atomic mass is 35.5. The smallest absolute Gasteiger partial charge is 0.335 e. The molecule has 0 radical (unpaired) electrons. The lowest BCUT2D eigenvalue weighted by Gasteiger charge is -2.15. The second-order valence-electron chi connectivity index (χ2n) is 6.56. The summed E-state index contributed by atoms with van der Waals surface area (Å²) in [6, 6.07) is 8.50. The standard InChI is InChI=1S/C21H15ClF3NO6S/c22-14-7-11(21(28)29)8-19(20(14)25)33(30,31)26-17-9-13(15(23)10-16(17)24)12-3-1-2-4-18(12)32-6-5-27/h1-4,7-10,26-27H,5-6H2,(H,28,29). The second-order valence-corrected chi connectivity index (χ2v) is 8.62. The summed E-state index contributed by atoms with van der Waals surface area (Å²) in [6.45, 7) is -0.436. The number of anilines is 1. The Labute approximate surface area is 191 Å². The second kappa shape index (κ2) is 9.69. The Kier molecular flexibility index (Phi) is 7.15. The van der Waals surface area contributed by atoms with E-state index in [1.165, 1.54) is 18.2 Å². The molecule has 33 heavy (non-hydrogen) atoms. The Balaban J connectivity index is 2.09. The zero-order valence-corrected chi connectivity index (χ0v) is 18.1. The number of ether oxygens (including phenoxy) is 1. The summed E-state index contributed by atoms with van der Waals surface area (Å²) in [5, 5.41) is 17.3. The van der Waals surface area contributed by atoms with Gasteiger partial charge in [0.1, 0.15) is 28.9 Å². The van der Waals surface area contributed by atoms with E-state index in [-0.39, 0.29) is 30.1 Å². The van der Waals surface area contributed by atoms with Crippen molar-refractivity contribution in [3.63, 3.8) is 0 Å². The fourth-order valence-corrected chi connectivity index (χ4v) is 4.35. The van der Waals surface area contributed by atoms with Crippen LogP contribution in [0.4, 0.5) is 18.9 Å². The van der Waals surface area contributed by atoms with E-state index in [1.807, 2.05) is 0 Å². The minimum Gasteiger partial charge on any atom is -0.491 e. The molecule has 0 saturated carbocycles. The minimum absolute atomic E-state index is 0.112. The van der Waals surface area contributed by atoms with Gasteiger partial charge in [-0.1, -0.05) is 29.8 Å². The van der Waals surface area contributed by atoms with E-state index in [2.05, 4.69) is 0 Å². The summed E-state index contributed by atoms with van der Waals surface area (Å²) < 4.78 is 76.0. The van der Waals surface area contributed by atoms with E-state index >= 15 is 0 Å². The maximum Gasteiger partial charge on any atom is 0.335 e. The first-order chi connectivity index (χ1) is 15.5. The Hall–Kier alpha value is -3.28. The molecule has 0 aliphatic rings. The Morgan fingerprint density at radius 3 is 2.39 bits per heavy atom. The molecule has 0 saturated heterocycles. The van der Waals surface area contributed by atoms with Crippen molar-refractivity contribution in [3.8, 4) is 16.9 Å². The Bertz CT molecular complexity index is 1330. The maximum absolute atomic E-state index is 14.6. The summed E-state index contributed by atoms with van der Waals surface area (Å²) >= 11 is 5.60. The van der Waals surface area contributed by atoms with E-state index in [4.69, 9.17) is 26.6 Å². The van der Waals surface area contributed by atoms with Crippen LogP contribution in [-0.2, 0) is 10.0 Å². The van der Waals surface area contributed by atoms with Crippen LogP contribution in [0.3, 0.4) is 0 Å². The molecule has 0 spiro atoms. The highest BCUT2D eigenvalue weighted by molar-refractivity contribution is 7.92. The van der Waals surface area contributed by atoms with Crippen LogP contribution in [0.2, 0.25) is 5.02 Å². The highest BCUT2D eigenvalue weighted by Crippen LogP contribution is 2.35. The highest BCUT2D eigenvalue weighted by Gasteiger charge is 2.26. The van der Waals surface area contributed by atoms with Gasteiger partial charge < -0.3 is 14.9 Å². The fraction of sp³-hybridized carbons (Fsp3) is 0.0952. The van der Waals surface area contributed by atoms with Crippen LogP contribution in [0, 0.1) is 17.5 Å². The van der Waals surface area contributed by atoms with Gasteiger partial charge in [-0.25, -0.2) is 26.4 Å². The number of carbonyl (C=O) groups is 1. The van der Waals surface area contributed by atoms with Crippen LogP contribution in [0.1, 0.15) is 10.4 Å². The van der Waals surface area contributed by atoms with Crippen LogP contribution in [-0.4, -0.2) is 37.8 Å². The summed E-state index contributed by atoms with van der Waals surface area (Å²) in [6.07, 6.45) is 0. The topological polar surface area (TPSA) is 113 Å². The third kappa shape index (κ3) is 5.21. The number of hydrogen-bond donors (Lipinski definition) is 3. The van der Waals surface area contributed by atoms with Crippen molar-refractivity contribution in [1.82, 2.24) is 0 Å². The number of carboxylic acids is 1. The molecule has 3 aromatic rings. The first-order valence-corrected chi connectivity index (χ1v) is 11.0. The van der Waals surface area contributed by atoms with Crippen molar-refractivity contribution in [2.24, 2.45) is 0 Å². The van der Waals surface area contributed by atoms with E-state index in [0.717, 1.165) is 12.1 Å². The molecule has 0 aromatic heterocycles. The van der Waals surface area contributed by atoms with Gasteiger partial charge in [-0.2, -0.15) is 0 Å².